The fourth-order valence-electron chi connectivity index (χ4n) is 1.37. The molecule has 1 heterocycles. The van der Waals surface area contributed by atoms with Crippen LogP contribution in [0.4, 0.5) is 0 Å². The molecular weight excluding hydrogens is 311 g/mol. The highest BCUT2D eigenvalue weighted by atomic mass is 35.5. The number of halogens is 2. The summed E-state index contributed by atoms with van der Waals surface area (Å²) >= 11 is 11.6. The molecule has 8 heteroatoms. The lowest BCUT2D eigenvalue weighted by Gasteiger charge is -2.08. The Morgan fingerprint density at radius 2 is 1.79 bits per heavy atom. The summed E-state index contributed by atoms with van der Waals surface area (Å²) in [6.45, 7) is 0. The Hall–Kier alpha value is -1.34. The van der Waals surface area contributed by atoms with Gasteiger partial charge < -0.3 is 4.74 Å². The Labute approximate surface area is 120 Å². The molecule has 0 aliphatic heterocycles. The third-order valence-corrected chi connectivity index (χ3v) is 3.45. The van der Waals surface area contributed by atoms with Crippen LogP contribution in [0.5, 0.6) is 11.6 Å². The Morgan fingerprint density at radius 1 is 1.16 bits per heavy atom. The van der Waals surface area contributed by atoms with E-state index in [2.05, 4.69) is 4.98 Å². The molecule has 2 aromatic rings. The monoisotopic (exact) mass is 318 g/mol. The molecule has 0 amide bonds. The molecule has 2 rings (SSSR count). The van der Waals surface area contributed by atoms with Crippen molar-refractivity contribution in [3.8, 4) is 11.6 Å². The van der Waals surface area contributed by atoms with Gasteiger partial charge in [0.25, 0.3) is 0 Å². The minimum Gasteiger partial charge on any atom is -0.438 e. The third-order valence-electron chi connectivity index (χ3n) is 2.09. The second-order valence-electron chi connectivity index (χ2n) is 3.56. The zero-order valence-electron chi connectivity index (χ0n) is 9.38. The molecule has 100 valence electrons. The number of nitrogens with zero attached hydrogens (tertiary/aromatic N) is 1. The van der Waals surface area contributed by atoms with Crippen molar-refractivity contribution in [2.45, 2.75) is 4.90 Å². The average molecular weight is 319 g/mol. The van der Waals surface area contributed by atoms with Gasteiger partial charge >= 0.3 is 0 Å². The summed E-state index contributed by atoms with van der Waals surface area (Å²) in [5.74, 6) is 0.129. The molecular formula is C11H8Cl2N2O3S. The van der Waals surface area contributed by atoms with Crippen LogP contribution in [0, 0.1) is 0 Å². The van der Waals surface area contributed by atoms with E-state index in [0.29, 0.717) is 10.0 Å². The highest BCUT2D eigenvalue weighted by Gasteiger charge is 2.16. The summed E-state index contributed by atoms with van der Waals surface area (Å²) in [7, 11) is -3.93. The van der Waals surface area contributed by atoms with E-state index >= 15 is 0 Å². The molecule has 0 aliphatic rings. The van der Waals surface area contributed by atoms with Gasteiger partial charge in [-0.25, -0.2) is 18.5 Å². The van der Waals surface area contributed by atoms with Crippen molar-refractivity contribution < 1.29 is 13.2 Å². The molecule has 0 unspecified atom stereocenters. The predicted octanol–water partition coefficient (Wildman–Crippen LogP) is 2.83. The summed E-state index contributed by atoms with van der Waals surface area (Å²) < 4.78 is 28.1. The van der Waals surface area contributed by atoms with E-state index in [1.54, 1.807) is 0 Å². The Kier molecular flexibility index (Phi) is 3.96. The lowest BCUT2D eigenvalue weighted by atomic mass is 10.3. The van der Waals surface area contributed by atoms with Gasteiger partial charge in [0.1, 0.15) is 10.6 Å². The molecule has 5 nitrogen and oxygen atoms in total. The molecule has 0 atom stereocenters. The molecule has 0 fully saturated rings. The fourth-order valence-corrected chi connectivity index (χ4v) is 2.48. The van der Waals surface area contributed by atoms with Crippen molar-refractivity contribution in [2.24, 2.45) is 5.14 Å². The molecule has 19 heavy (non-hydrogen) atoms. The van der Waals surface area contributed by atoms with Crippen LogP contribution in [-0.2, 0) is 10.0 Å². The van der Waals surface area contributed by atoms with Crippen LogP contribution in [0.3, 0.4) is 0 Å². The van der Waals surface area contributed by atoms with Crippen LogP contribution in [-0.4, -0.2) is 13.4 Å². The van der Waals surface area contributed by atoms with Crippen molar-refractivity contribution >= 4 is 33.2 Å². The van der Waals surface area contributed by atoms with E-state index in [1.807, 2.05) is 0 Å². The second-order valence-corrected chi connectivity index (χ2v) is 5.96. The van der Waals surface area contributed by atoms with Gasteiger partial charge in [-0.2, -0.15) is 0 Å². The number of nitrogens with two attached hydrogens (primary N) is 1. The van der Waals surface area contributed by atoms with E-state index in [9.17, 15) is 8.42 Å². The van der Waals surface area contributed by atoms with Gasteiger partial charge in [-0.1, -0.05) is 23.2 Å². The second kappa shape index (κ2) is 5.34. The van der Waals surface area contributed by atoms with Gasteiger partial charge in [0.2, 0.25) is 15.9 Å². The Balaban J connectivity index is 2.44. The van der Waals surface area contributed by atoms with Crippen LogP contribution < -0.4 is 9.88 Å². The smallest absolute Gasteiger partial charge is 0.243 e. The number of primary sulfonamides is 1. The van der Waals surface area contributed by atoms with Crippen molar-refractivity contribution in [2.75, 3.05) is 0 Å². The Morgan fingerprint density at radius 3 is 2.37 bits per heavy atom. The summed E-state index contributed by atoms with van der Waals surface area (Å²) in [6.07, 6.45) is 1.39. The largest absolute Gasteiger partial charge is 0.438 e. The number of rotatable bonds is 3. The van der Waals surface area contributed by atoms with Crippen molar-refractivity contribution in [3.05, 3.63) is 46.6 Å². The van der Waals surface area contributed by atoms with Gasteiger partial charge in [0.15, 0.2) is 0 Å². The molecule has 0 spiro atoms. The number of aromatic nitrogens is 1. The van der Waals surface area contributed by atoms with E-state index in [-0.39, 0.29) is 16.5 Å². The predicted molar refractivity (Wildman–Crippen MR) is 72.1 cm³/mol. The van der Waals surface area contributed by atoms with Gasteiger partial charge in [-0.3, -0.25) is 0 Å². The van der Waals surface area contributed by atoms with E-state index in [1.165, 1.54) is 36.5 Å². The van der Waals surface area contributed by atoms with Crippen LogP contribution in [0.1, 0.15) is 0 Å². The quantitative estimate of drug-likeness (QED) is 0.943. The lowest BCUT2D eigenvalue weighted by Crippen LogP contribution is -2.13. The lowest BCUT2D eigenvalue weighted by molar-refractivity contribution is 0.447. The number of ether oxygens (including phenoxy) is 1. The number of pyridine rings is 1. The molecule has 0 radical (unpaired) electrons. The Bertz CT molecular complexity index is 699. The number of sulfonamides is 1. The summed E-state index contributed by atoms with van der Waals surface area (Å²) in [6, 6.07) is 7.22. The van der Waals surface area contributed by atoms with Crippen molar-refractivity contribution in [3.63, 3.8) is 0 Å². The summed E-state index contributed by atoms with van der Waals surface area (Å²) in [4.78, 5) is 3.62. The minimum atomic E-state index is -3.93. The molecule has 1 aromatic heterocycles. The summed E-state index contributed by atoms with van der Waals surface area (Å²) in [5, 5.41) is 5.79. The first-order valence-electron chi connectivity index (χ1n) is 4.98. The highest BCUT2D eigenvalue weighted by Crippen LogP contribution is 2.30. The fraction of sp³-hybridized carbons (Fsp3) is 0. The first-order chi connectivity index (χ1) is 8.86. The zero-order valence-corrected chi connectivity index (χ0v) is 11.7. The molecule has 1 aromatic carbocycles. The van der Waals surface area contributed by atoms with Gasteiger partial charge in [0.05, 0.1) is 0 Å². The van der Waals surface area contributed by atoms with Crippen molar-refractivity contribution in [1.29, 1.82) is 0 Å². The molecule has 0 bridgehead atoms. The number of benzene rings is 1. The zero-order chi connectivity index (χ0) is 14.0. The third kappa shape index (κ3) is 3.57. The molecule has 0 aliphatic carbocycles. The molecule has 0 saturated carbocycles. The summed E-state index contributed by atoms with van der Waals surface area (Å²) in [5.41, 5.74) is 0. The topological polar surface area (TPSA) is 82.3 Å². The highest BCUT2D eigenvalue weighted by molar-refractivity contribution is 7.89. The van der Waals surface area contributed by atoms with Gasteiger partial charge in [0, 0.05) is 16.2 Å². The maximum absolute atomic E-state index is 11.4. The number of hydrogen-bond donors (Lipinski definition) is 1. The van der Waals surface area contributed by atoms with E-state index in [0.717, 1.165) is 0 Å². The van der Waals surface area contributed by atoms with E-state index < -0.39 is 10.0 Å². The van der Waals surface area contributed by atoms with Gasteiger partial charge in [-0.15, -0.1) is 0 Å². The number of hydrogen-bond acceptors (Lipinski definition) is 4. The van der Waals surface area contributed by atoms with Crippen LogP contribution in [0.2, 0.25) is 10.0 Å². The normalized spacial score (nSPS) is 11.3. The average Bonchev–Trinajstić information content (AvgIpc) is 2.26. The first-order valence-corrected chi connectivity index (χ1v) is 7.28. The maximum Gasteiger partial charge on any atom is 0.243 e. The first kappa shape index (κ1) is 14.1. The van der Waals surface area contributed by atoms with Crippen LogP contribution in [0.15, 0.2) is 41.4 Å². The van der Waals surface area contributed by atoms with Crippen LogP contribution >= 0.6 is 23.2 Å². The molecule has 2 N–H and O–H groups in total. The standard InChI is InChI=1S/C11H8Cl2N2O3S/c12-7-4-8(13)6-9(5-7)18-11-10(19(14,16)17)2-1-3-15-11/h1-6H,(H2,14,16,17). The maximum atomic E-state index is 11.4. The van der Waals surface area contributed by atoms with E-state index in [4.69, 9.17) is 33.1 Å². The minimum absolute atomic E-state index is 0.136. The SMILES string of the molecule is NS(=O)(=O)c1cccnc1Oc1cc(Cl)cc(Cl)c1. The van der Waals surface area contributed by atoms with Crippen LogP contribution in [0.25, 0.3) is 0 Å². The van der Waals surface area contributed by atoms with Crippen molar-refractivity contribution in [1.82, 2.24) is 4.98 Å². The van der Waals surface area contributed by atoms with Gasteiger partial charge in [-0.05, 0) is 30.3 Å². The molecule has 0 saturated heterocycles.